The summed E-state index contributed by atoms with van der Waals surface area (Å²) in [6.07, 6.45) is 4.70. The molecule has 2 N–H and O–H groups in total. The fourth-order valence-corrected chi connectivity index (χ4v) is 3.65. The smallest absolute Gasteiger partial charge is 0.253 e. The van der Waals surface area contributed by atoms with E-state index in [1.165, 1.54) is 19.3 Å². The number of ether oxygens (including phenoxy) is 1. The number of unbranched alkanes of at least 4 members (excludes halogenated alkanes) is 3. The van der Waals surface area contributed by atoms with Gasteiger partial charge in [-0.1, -0.05) is 62.6 Å². The van der Waals surface area contributed by atoms with Crippen LogP contribution in [-0.4, -0.2) is 36.9 Å². The Kier molecular flexibility index (Phi) is 10.2. The molecule has 2 amide bonds. The van der Waals surface area contributed by atoms with Gasteiger partial charge in [0.15, 0.2) is 0 Å². The molecule has 3 rings (SSSR count). The number of carbonyl (C=O) groups is 2. The number of carbonyl (C=O) groups excluding carboxylic acids is 2. The molecule has 0 radical (unpaired) electrons. The largest absolute Gasteiger partial charge is 0.494 e. The van der Waals surface area contributed by atoms with Crippen LogP contribution in [-0.2, 0) is 11.3 Å². The van der Waals surface area contributed by atoms with E-state index in [0.29, 0.717) is 17.8 Å². The summed E-state index contributed by atoms with van der Waals surface area (Å²) in [6.45, 7) is 3.54. The summed E-state index contributed by atoms with van der Waals surface area (Å²) in [7, 11) is 1.77. The van der Waals surface area contributed by atoms with E-state index >= 15 is 0 Å². The molecule has 0 fully saturated rings. The van der Waals surface area contributed by atoms with Crippen LogP contribution in [0.1, 0.15) is 48.5 Å². The number of nitrogens with zero attached hydrogens (tertiary/aromatic N) is 1. The van der Waals surface area contributed by atoms with Gasteiger partial charge in [-0.05, 0) is 54.4 Å². The number of rotatable bonds is 13. The highest BCUT2D eigenvalue weighted by Crippen LogP contribution is 2.17. The van der Waals surface area contributed by atoms with Crippen molar-refractivity contribution < 1.29 is 14.3 Å². The second-order valence-corrected chi connectivity index (χ2v) is 8.56. The minimum Gasteiger partial charge on any atom is -0.494 e. The second-order valence-electron chi connectivity index (χ2n) is 8.56. The summed E-state index contributed by atoms with van der Waals surface area (Å²) in [6, 6.07) is 24.4. The van der Waals surface area contributed by atoms with Crippen LogP contribution >= 0.6 is 0 Å². The maximum Gasteiger partial charge on any atom is 0.253 e. The fourth-order valence-electron chi connectivity index (χ4n) is 3.65. The van der Waals surface area contributed by atoms with E-state index in [2.05, 4.69) is 17.6 Å². The van der Waals surface area contributed by atoms with Gasteiger partial charge in [-0.15, -0.1) is 0 Å². The number of hydrogen-bond donors (Lipinski definition) is 2. The zero-order chi connectivity index (χ0) is 24.9. The molecule has 184 valence electrons. The van der Waals surface area contributed by atoms with Gasteiger partial charge in [-0.25, -0.2) is 0 Å². The van der Waals surface area contributed by atoms with Crippen molar-refractivity contribution in [3.8, 4) is 5.75 Å². The minimum absolute atomic E-state index is 0.101. The van der Waals surface area contributed by atoms with E-state index in [-0.39, 0.29) is 18.4 Å². The Labute approximate surface area is 208 Å². The lowest BCUT2D eigenvalue weighted by molar-refractivity contribution is -0.114. The van der Waals surface area contributed by atoms with Crippen molar-refractivity contribution in [3.63, 3.8) is 0 Å². The molecule has 0 bridgehead atoms. The standard InChI is InChI=1S/C29H35N3O3/c1-3-4-5-9-19-35-27-17-15-25(16-18-27)30-21-28(33)31-26-14-10-13-24(20-26)29(34)32(2)22-23-11-7-6-8-12-23/h6-8,10-18,20,30H,3-5,9,19,21-22H2,1-2H3,(H,31,33). The summed E-state index contributed by atoms with van der Waals surface area (Å²) < 4.78 is 5.75. The van der Waals surface area contributed by atoms with Gasteiger partial charge in [0.25, 0.3) is 5.91 Å². The molecule has 0 saturated carbocycles. The second kappa shape index (κ2) is 13.8. The molecular weight excluding hydrogens is 438 g/mol. The third kappa shape index (κ3) is 8.81. The number of nitrogens with one attached hydrogen (secondary N) is 2. The Morgan fingerprint density at radius 2 is 1.63 bits per heavy atom. The first kappa shape index (κ1) is 25.8. The van der Waals surface area contributed by atoms with Crippen LogP contribution in [0.3, 0.4) is 0 Å². The molecule has 0 saturated heterocycles. The highest BCUT2D eigenvalue weighted by Gasteiger charge is 2.13. The van der Waals surface area contributed by atoms with Gasteiger partial charge in [0.2, 0.25) is 5.91 Å². The molecule has 0 aliphatic carbocycles. The van der Waals surface area contributed by atoms with Crippen molar-refractivity contribution in [3.05, 3.63) is 90.0 Å². The van der Waals surface area contributed by atoms with Crippen molar-refractivity contribution in [1.29, 1.82) is 0 Å². The van der Waals surface area contributed by atoms with Gasteiger partial charge in [0.05, 0.1) is 13.2 Å². The molecule has 0 aromatic heterocycles. The van der Waals surface area contributed by atoms with Gasteiger partial charge < -0.3 is 20.3 Å². The summed E-state index contributed by atoms with van der Waals surface area (Å²) >= 11 is 0. The van der Waals surface area contributed by atoms with E-state index in [1.54, 1.807) is 36.2 Å². The lowest BCUT2D eigenvalue weighted by Crippen LogP contribution is -2.26. The SMILES string of the molecule is CCCCCCOc1ccc(NCC(=O)Nc2cccc(C(=O)N(C)Cc3ccccc3)c2)cc1. The normalized spacial score (nSPS) is 10.5. The third-order valence-electron chi connectivity index (χ3n) is 5.58. The summed E-state index contributed by atoms with van der Waals surface area (Å²) in [5.74, 6) is 0.537. The van der Waals surface area contributed by atoms with Crippen LogP contribution in [0.4, 0.5) is 11.4 Å². The molecule has 3 aromatic rings. The lowest BCUT2D eigenvalue weighted by atomic mass is 10.1. The van der Waals surface area contributed by atoms with Crippen molar-refractivity contribution >= 4 is 23.2 Å². The van der Waals surface area contributed by atoms with Crippen LogP contribution in [0.15, 0.2) is 78.9 Å². The molecule has 0 unspecified atom stereocenters. The Bertz CT molecular complexity index is 1070. The van der Waals surface area contributed by atoms with Crippen LogP contribution in [0.25, 0.3) is 0 Å². The Morgan fingerprint density at radius 1 is 0.857 bits per heavy atom. The molecular formula is C29H35N3O3. The predicted molar refractivity (Wildman–Crippen MR) is 142 cm³/mol. The van der Waals surface area contributed by atoms with Gasteiger partial charge >= 0.3 is 0 Å². The maximum atomic E-state index is 12.8. The van der Waals surface area contributed by atoms with Gasteiger partial charge in [-0.2, -0.15) is 0 Å². The fraction of sp³-hybridized carbons (Fsp3) is 0.310. The van der Waals surface area contributed by atoms with E-state index in [9.17, 15) is 9.59 Å². The molecule has 0 spiro atoms. The predicted octanol–water partition coefficient (Wildman–Crippen LogP) is 5.97. The van der Waals surface area contributed by atoms with Crippen molar-refractivity contribution in [1.82, 2.24) is 4.90 Å². The quantitative estimate of drug-likeness (QED) is 0.300. The zero-order valence-corrected chi connectivity index (χ0v) is 20.6. The van der Waals surface area contributed by atoms with Gasteiger partial charge in [-0.3, -0.25) is 9.59 Å². The Hall–Kier alpha value is -3.80. The molecule has 0 aliphatic rings. The molecule has 0 aliphatic heterocycles. The average Bonchev–Trinajstić information content (AvgIpc) is 2.88. The van der Waals surface area contributed by atoms with Crippen LogP contribution in [0.2, 0.25) is 0 Å². The van der Waals surface area contributed by atoms with Crippen LogP contribution < -0.4 is 15.4 Å². The van der Waals surface area contributed by atoms with E-state index in [0.717, 1.165) is 30.0 Å². The molecule has 0 heterocycles. The van der Waals surface area contributed by atoms with E-state index in [4.69, 9.17) is 4.74 Å². The van der Waals surface area contributed by atoms with Crippen LogP contribution in [0.5, 0.6) is 5.75 Å². The highest BCUT2D eigenvalue weighted by atomic mass is 16.5. The highest BCUT2D eigenvalue weighted by molar-refractivity contribution is 5.98. The lowest BCUT2D eigenvalue weighted by Gasteiger charge is -2.18. The summed E-state index contributed by atoms with van der Waals surface area (Å²) in [5, 5.41) is 5.97. The van der Waals surface area contributed by atoms with E-state index in [1.807, 2.05) is 54.6 Å². The first-order chi connectivity index (χ1) is 17.0. The number of amides is 2. The molecule has 6 heteroatoms. The maximum absolute atomic E-state index is 12.8. The van der Waals surface area contributed by atoms with Crippen molar-refractivity contribution in [2.75, 3.05) is 30.8 Å². The van der Waals surface area contributed by atoms with Crippen LogP contribution in [0, 0.1) is 0 Å². The number of benzene rings is 3. The first-order valence-electron chi connectivity index (χ1n) is 12.2. The van der Waals surface area contributed by atoms with E-state index < -0.39 is 0 Å². The summed E-state index contributed by atoms with van der Waals surface area (Å²) in [4.78, 5) is 26.9. The number of anilines is 2. The zero-order valence-electron chi connectivity index (χ0n) is 20.6. The van der Waals surface area contributed by atoms with Crippen molar-refractivity contribution in [2.24, 2.45) is 0 Å². The third-order valence-corrected chi connectivity index (χ3v) is 5.58. The van der Waals surface area contributed by atoms with Gasteiger partial charge in [0.1, 0.15) is 5.75 Å². The molecule has 3 aromatic carbocycles. The molecule has 0 atom stereocenters. The Morgan fingerprint density at radius 3 is 2.37 bits per heavy atom. The average molecular weight is 474 g/mol. The van der Waals surface area contributed by atoms with Gasteiger partial charge in [0, 0.05) is 30.5 Å². The molecule has 35 heavy (non-hydrogen) atoms. The topological polar surface area (TPSA) is 70.7 Å². The first-order valence-corrected chi connectivity index (χ1v) is 12.2. The number of hydrogen-bond acceptors (Lipinski definition) is 4. The summed E-state index contributed by atoms with van der Waals surface area (Å²) in [5.41, 5.74) is 3.01. The minimum atomic E-state index is -0.191. The molecule has 6 nitrogen and oxygen atoms in total. The Balaban J connectivity index is 1.45. The monoisotopic (exact) mass is 473 g/mol. The van der Waals surface area contributed by atoms with Crippen molar-refractivity contribution in [2.45, 2.75) is 39.2 Å².